The lowest BCUT2D eigenvalue weighted by atomic mass is 9.93. The normalized spacial score (nSPS) is 24.8. The Kier molecular flexibility index (Phi) is 4.16. The summed E-state index contributed by atoms with van der Waals surface area (Å²) >= 11 is 0. The predicted octanol–water partition coefficient (Wildman–Crippen LogP) is 2.69. The van der Waals surface area contributed by atoms with E-state index in [4.69, 9.17) is 9.84 Å². The van der Waals surface area contributed by atoms with E-state index in [1.54, 1.807) is 19.1 Å². The van der Waals surface area contributed by atoms with Crippen molar-refractivity contribution in [2.45, 2.75) is 26.2 Å². The number of carbonyl (C=O) groups is 2. The molecule has 118 valence electrons. The molecule has 22 heavy (non-hydrogen) atoms. The summed E-state index contributed by atoms with van der Waals surface area (Å²) in [4.78, 5) is 23.4. The third-order valence-electron chi connectivity index (χ3n) is 4.78. The highest BCUT2D eigenvalue weighted by molar-refractivity contribution is 5.96. The molecule has 1 saturated heterocycles. The zero-order valence-electron chi connectivity index (χ0n) is 12.7. The van der Waals surface area contributed by atoms with Crippen LogP contribution < -0.4 is 5.32 Å². The van der Waals surface area contributed by atoms with Crippen LogP contribution in [-0.4, -0.2) is 30.2 Å². The molecule has 1 aliphatic carbocycles. The number of hydrogen-bond donors (Lipinski definition) is 2. The van der Waals surface area contributed by atoms with Crippen LogP contribution in [0.5, 0.6) is 0 Å². The summed E-state index contributed by atoms with van der Waals surface area (Å²) in [7, 11) is 0. The minimum absolute atomic E-state index is 0.0108. The van der Waals surface area contributed by atoms with Crippen molar-refractivity contribution < 1.29 is 19.4 Å². The second-order valence-electron chi connectivity index (χ2n) is 6.28. The number of ether oxygens (including phenoxy) is 1. The Morgan fingerprint density at radius 1 is 1.27 bits per heavy atom. The lowest BCUT2D eigenvalue weighted by Crippen LogP contribution is -2.21. The number of hydrogen-bond acceptors (Lipinski definition) is 3. The highest BCUT2D eigenvalue weighted by Crippen LogP contribution is 2.48. The maximum Gasteiger partial charge on any atom is 0.336 e. The van der Waals surface area contributed by atoms with Crippen molar-refractivity contribution in [2.75, 3.05) is 18.5 Å². The Morgan fingerprint density at radius 2 is 2.00 bits per heavy atom. The van der Waals surface area contributed by atoms with E-state index in [1.807, 2.05) is 0 Å². The first-order chi connectivity index (χ1) is 10.6. The van der Waals surface area contributed by atoms with Crippen LogP contribution in [0.4, 0.5) is 5.69 Å². The highest BCUT2D eigenvalue weighted by atomic mass is 16.5. The molecule has 2 fully saturated rings. The maximum absolute atomic E-state index is 12.3. The maximum atomic E-state index is 12.3. The number of amides is 1. The standard InChI is InChI=1S/C17H21NO4/c1-10-2-3-12(8-13(10)17(20)21)18-16(19)15-9-14(15)11-4-6-22-7-5-11/h2-3,8,11,14-15H,4-7,9H2,1H3,(H,18,19)(H,20,21)/t14-,15+/m0/s1. The molecule has 2 atom stereocenters. The fourth-order valence-electron chi connectivity index (χ4n) is 3.35. The molecule has 1 saturated carbocycles. The van der Waals surface area contributed by atoms with E-state index in [9.17, 15) is 9.59 Å². The molecule has 0 aromatic heterocycles. The first kappa shape index (κ1) is 15.0. The van der Waals surface area contributed by atoms with Crippen LogP contribution in [0.25, 0.3) is 0 Å². The lowest BCUT2D eigenvalue weighted by Gasteiger charge is -2.22. The van der Waals surface area contributed by atoms with E-state index >= 15 is 0 Å². The minimum Gasteiger partial charge on any atom is -0.478 e. The fourth-order valence-corrected chi connectivity index (χ4v) is 3.35. The number of nitrogens with one attached hydrogen (secondary N) is 1. The van der Waals surface area contributed by atoms with Crippen molar-refractivity contribution >= 4 is 17.6 Å². The molecule has 1 aliphatic heterocycles. The Balaban J connectivity index is 1.61. The molecule has 2 aliphatic rings. The van der Waals surface area contributed by atoms with Crippen LogP contribution in [0.3, 0.4) is 0 Å². The number of anilines is 1. The minimum atomic E-state index is -0.972. The van der Waals surface area contributed by atoms with Crippen molar-refractivity contribution in [3.05, 3.63) is 29.3 Å². The zero-order chi connectivity index (χ0) is 15.7. The summed E-state index contributed by atoms with van der Waals surface area (Å²) in [5.74, 6) is 0.167. The van der Waals surface area contributed by atoms with E-state index in [-0.39, 0.29) is 17.4 Å². The number of carbonyl (C=O) groups excluding carboxylic acids is 1. The van der Waals surface area contributed by atoms with Gasteiger partial charge in [0, 0.05) is 24.8 Å². The molecule has 1 aromatic carbocycles. The highest BCUT2D eigenvalue weighted by Gasteiger charge is 2.47. The van der Waals surface area contributed by atoms with Gasteiger partial charge < -0.3 is 15.2 Å². The molecule has 1 aromatic rings. The van der Waals surface area contributed by atoms with Gasteiger partial charge in [-0.05, 0) is 55.7 Å². The largest absolute Gasteiger partial charge is 0.478 e. The van der Waals surface area contributed by atoms with Crippen LogP contribution in [0.15, 0.2) is 18.2 Å². The fraction of sp³-hybridized carbons (Fsp3) is 0.529. The Hall–Kier alpha value is -1.88. The van der Waals surface area contributed by atoms with Gasteiger partial charge in [-0.15, -0.1) is 0 Å². The van der Waals surface area contributed by atoms with Crippen molar-refractivity contribution in [3.8, 4) is 0 Å². The van der Waals surface area contributed by atoms with Gasteiger partial charge in [-0.2, -0.15) is 0 Å². The molecule has 2 N–H and O–H groups in total. The van der Waals surface area contributed by atoms with Crippen LogP contribution in [0.1, 0.15) is 35.2 Å². The van der Waals surface area contributed by atoms with Crippen LogP contribution in [-0.2, 0) is 9.53 Å². The number of rotatable bonds is 4. The molecule has 5 nitrogen and oxygen atoms in total. The Morgan fingerprint density at radius 3 is 2.68 bits per heavy atom. The van der Waals surface area contributed by atoms with Crippen molar-refractivity contribution in [1.29, 1.82) is 0 Å². The molecule has 1 amide bonds. The topological polar surface area (TPSA) is 75.6 Å². The average Bonchev–Trinajstić information content (AvgIpc) is 3.30. The van der Waals surface area contributed by atoms with Crippen molar-refractivity contribution in [1.82, 2.24) is 0 Å². The van der Waals surface area contributed by atoms with Gasteiger partial charge >= 0.3 is 5.97 Å². The molecule has 0 bridgehead atoms. The van der Waals surface area contributed by atoms with Gasteiger partial charge in [0.25, 0.3) is 0 Å². The Labute approximate surface area is 129 Å². The zero-order valence-corrected chi connectivity index (χ0v) is 12.7. The second-order valence-corrected chi connectivity index (χ2v) is 6.28. The summed E-state index contributed by atoms with van der Waals surface area (Å²) in [6.45, 7) is 3.35. The first-order valence-electron chi connectivity index (χ1n) is 7.79. The molecule has 5 heteroatoms. The lowest BCUT2D eigenvalue weighted by molar-refractivity contribution is -0.117. The Bertz CT molecular complexity index is 592. The van der Waals surface area contributed by atoms with Gasteiger partial charge in [0.1, 0.15) is 0 Å². The van der Waals surface area contributed by atoms with E-state index in [1.165, 1.54) is 6.07 Å². The van der Waals surface area contributed by atoms with Crippen LogP contribution >= 0.6 is 0 Å². The number of carboxylic acids is 1. The van der Waals surface area contributed by atoms with E-state index in [0.717, 1.165) is 32.5 Å². The summed E-state index contributed by atoms with van der Waals surface area (Å²) in [6, 6.07) is 5.01. The third kappa shape index (κ3) is 3.14. The van der Waals surface area contributed by atoms with Gasteiger partial charge in [0.05, 0.1) is 5.56 Å². The third-order valence-corrected chi connectivity index (χ3v) is 4.78. The molecular weight excluding hydrogens is 282 g/mol. The summed E-state index contributed by atoms with van der Waals surface area (Å²) in [5.41, 5.74) is 1.48. The van der Waals surface area contributed by atoms with Crippen molar-refractivity contribution in [2.24, 2.45) is 17.8 Å². The number of benzene rings is 1. The van der Waals surface area contributed by atoms with Gasteiger partial charge in [0.2, 0.25) is 5.91 Å². The second kappa shape index (κ2) is 6.08. The van der Waals surface area contributed by atoms with Crippen molar-refractivity contribution in [3.63, 3.8) is 0 Å². The SMILES string of the molecule is Cc1ccc(NC(=O)[C@@H]2C[C@H]2C2CCOCC2)cc1C(=O)O. The first-order valence-corrected chi connectivity index (χ1v) is 7.79. The molecule has 0 unspecified atom stereocenters. The van der Waals surface area contributed by atoms with E-state index < -0.39 is 5.97 Å². The summed E-state index contributed by atoms with van der Waals surface area (Å²) in [6.07, 6.45) is 3.03. The predicted molar refractivity (Wildman–Crippen MR) is 81.9 cm³/mol. The molecule has 0 spiro atoms. The molecular formula is C17H21NO4. The quantitative estimate of drug-likeness (QED) is 0.896. The number of carboxylic acid groups (broad SMARTS) is 1. The summed E-state index contributed by atoms with van der Waals surface area (Å²) in [5, 5.41) is 12.0. The smallest absolute Gasteiger partial charge is 0.336 e. The van der Waals surface area contributed by atoms with E-state index in [0.29, 0.717) is 23.1 Å². The number of aromatic carboxylic acids is 1. The van der Waals surface area contributed by atoms with Gasteiger partial charge in [-0.3, -0.25) is 4.79 Å². The molecule has 3 rings (SSSR count). The van der Waals surface area contributed by atoms with Gasteiger partial charge in [-0.25, -0.2) is 4.79 Å². The molecule has 0 radical (unpaired) electrons. The molecule has 1 heterocycles. The van der Waals surface area contributed by atoms with Crippen LogP contribution in [0.2, 0.25) is 0 Å². The van der Waals surface area contributed by atoms with E-state index in [2.05, 4.69) is 5.32 Å². The van der Waals surface area contributed by atoms with Crippen LogP contribution in [0, 0.1) is 24.7 Å². The average molecular weight is 303 g/mol. The summed E-state index contributed by atoms with van der Waals surface area (Å²) < 4.78 is 5.36. The monoisotopic (exact) mass is 303 g/mol. The van der Waals surface area contributed by atoms with Gasteiger partial charge in [-0.1, -0.05) is 6.07 Å². The van der Waals surface area contributed by atoms with Gasteiger partial charge in [0.15, 0.2) is 0 Å². The number of aryl methyl sites for hydroxylation is 1.